The zero-order chi connectivity index (χ0) is 19.3. The van der Waals surface area contributed by atoms with E-state index in [9.17, 15) is 19.2 Å². The molecule has 28 heavy (non-hydrogen) atoms. The maximum atomic E-state index is 13.6. The zero-order valence-corrected chi connectivity index (χ0v) is 16.1. The van der Waals surface area contributed by atoms with Crippen molar-refractivity contribution in [1.82, 2.24) is 0 Å². The second-order valence-electron chi connectivity index (χ2n) is 10.4. The molecule has 148 valence electrons. The molecule has 8 saturated carbocycles. The van der Waals surface area contributed by atoms with Crippen LogP contribution in [0.2, 0.25) is 0 Å². The summed E-state index contributed by atoms with van der Waals surface area (Å²) in [7, 11) is 2.80. The van der Waals surface area contributed by atoms with E-state index in [4.69, 9.17) is 9.47 Å². The number of esters is 2. The molecular formula is C22H24O6. The van der Waals surface area contributed by atoms with E-state index in [1.54, 1.807) is 0 Å². The van der Waals surface area contributed by atoms with Crippen LogP contribution in [0.15, 0.2) is 0 Å². The summed E-state index contributed by atoms with van der Waals surface area (Å²) in [4.78, 5) is 52.8. The number of ether oxygens (including phenoxy) is 2. The number of fused-ring (bicyclic) bond motifs is 2. The molecule has 0 aromatic carbocycles. The molecular weight excluding hydrogens is 360 g/mol. The molecule has 6 heteroatoms. The van der Waals surface area contributed by atoms with Gasteiger partial charge in [-0.25, -0.2) is 0 Å². The van der Waals surface area contributed by atoms with E-state index in [1.807, 2.05) is 0 Å². The Morgan fingerprint density at radius 1 is 0.750 bits per heavy atom. The van der Waals surface area contributed by atoms with Crippen LogP contribution in [-0.2, 0) is 28.7 Å². The van der Waals surface area contributed by atoms with Crippen molar-refractivity contribution >= 4 is 23.5 Å². The van der Waals surface area contributed by atoms with Crippen LogP contribution in [0, 0.1) is 70.0 Å². The summed E-state index contributed by atoms with van der Waals surface area (Å²) in [5.41, 5.74) is -1.90. The Morgan fingerprint density at radius 3 is 1.50 bits per heavy atom. The van der Waals surface area contributed by atoms with Crippen LogP contribution >= 0.6 is 0 Å². The second kappa shape index (κ2) is 4.39. The summed E-state index contributed by atoms with van der Waals surface area (Å²) >= 11 is 0. The van der Waals surface area contributed by atoms with Gasteiger partial charge in [-0.05, 0) is 60.2 Å². The lowest BCUT2D eigenvalue weighted by Gasteiger charge is -2.57. The van der Waals surface area contributed by atoms with Gasteiger partial charge in [0.25, 0.3) is 0 Å². The van der Waals surface area contributed by atoms with Gasteiger partial charge in [-0.2, -0.15) is 0 Å². The van der Waals surface area contributed by atoms with Crippen molar-refractivity contribution in [2.24, 2.45) is 70.0 Å². The fraction of sp³-hybridized carbons (Fsp3) is 0.818. The Kier molecular flexibility index (Phi) is 2.53. The van der Waals surface area contributed by atoms with E-state index >= 15 is 0 Å². The third-order valence-electron chi connectivity index (χ3n) is 10.7. The summed E-state index contributed by atoms with van der Waals surface area (Å²) in [5, 5.41) is 0. The molecule has 0 amide bonds. The molecule has 8 rings (SSSR count). The predicted octanol–water partition coefficient (Wildman–Crippen LogP) is 1.26. The lowest BCUT2D eigenvalue weighted by Crippen LogP contribution is -2.66. The van der Waals surface area contributed by atoms with Gasteiger partial charge in [0.15, 0.2) is 0 Å². The minimum atomic E-state index is -0.952. The highest BCUT2D eigenvalue weighted by molar-refractivity contribution is 5.99. The number of hydrogen-bond donors (Lipinski definition) is 0. The summed E-state index contributed by atoms with van der Waals surface area (Å²) in [6, 6.07) is 0. The molecule has 0 N–H and O–H groups in total. The minimum absolute atomic E-state index is 0.00102. The third kappa shape index (κ3) is 1.10. The van der Waals surface area contributed by atoms with Gasteiger partial charge in [0.05, 0.1) is 25.0 Å². The molecule has 12 atom stereocenters. The van der Waals surface area contributed by atoms with Gasteiger partial charge in [0.1, 0.15) is 11.6 Å². The van der Waals surface area contributed by atoms with E-state index in [1.165, 1.54) is 14.2 Å². The van der Waals surface area contributed by atoms with E-state index in [0.717, 1.165) is 12.8 Å². The molecule has 8 aliphatic carbocycles. The first-order valence-corrected chi connectivity index (χ1v) is 10.7. The number of ketones is 2. The fourth-order valence-electron chi connectivity index (χ4n) is 11.2. The molecule has 8 fully saturated rings. The quantitative estimate of drug-likeness (QED) is 0.666. The third-order valence-corrected chi connectivity index (χ3v) is 10.7. The highest BCUT2D eigenvalue weighted by Gasteiger charge is 3.01. The number of carbonyl (C=O) groups excluding carboxylic acids is 4. The van der Waals surface area contributed by atoms with Gasteiger partial charge in [0.2, 0.25) is 0 Å². The lowest BCUT2D eigenvalue weighted by atomic mass is 9.43. The Morgan fingerprint density at radius 2 is 1.14 bits per heavy atom. The van der Waals surface area contributed by atoms with Gasteiger partial charge < -0.3 is 9.47 Å². The van der Waals surface area contributed by atoms with E-state index in [2.05, 4.69) is 0 Å². The summed E-state index contributed by atoms with van der Waals surface area (Å²) in [6.45, 7) is 0. The van der Waals surface area contributed by atoms with Crippen molar-refractivity contribution in [3.63, 3.8) is 0 Å². The Labute approximate surface area is 162 Å². The predicted molar refractivity (Wildman–Crippen MR) is 92.3 cm³/mol. The van der Waals surface area contributed by atoms with Gasteiger partial charge in [-0.3, -0.25) is 19.2 Å². The summed E-state index contributed by atoms with van der Waals surface area (Å²) in [5.74, 6) is 0.253. The largest absolute Gasteiger partial charge is 0.469 e. The van der Waals surface area contributed by atoms with Gasteiger partial charge in [0, 0.05) is 24.7 Å². The average Bonchev–Trinajstić information content (AvgIpc) is 3.49. The molecule has 8 aliphatic rings. The molecule has 8 bridgehead atoms. The zero-order valence-electron chi connectivity index (χ0n) is 16.1. The standard InChI is InChI=1S/C22H24O6/c1-27-19(25)21-15-7-3-5-10(24)12(7)18-13(15)14-16(22(18,21)20(26)28-2)8-4-6-9(23)11(8)17(14)21/h7-8,11-18H,3-6H2,1-2H3/t7-,8+,11-,12-,13-,14+,15-,16+,17+,18-,21+,22-/m1/s1. The SMILES string of the molecule is COC(=O)[C@]12[C@@H]3[C@H]4C(=O)CC[C@H]4[C@@H]4[C@H]3[C@H]3[C@@H]1[C@H]1CCC(=O)[C@@H]1[C@@H]3[C@]42C(=O)OC. The number of rotatable bonds is 2. The number of methoxy groups -OCH3 is 2. The van der Waals surface area contributed by atoms with Gasteiger partial charge in [-0.1, -0.05) is 0 Å². The average molecular weight is 384 g/mol. The van der Waals surface area contributed by atoms with Crippen molar-refractivity contribution in [2.45, 2.75) is 25.7 Å². The van der Waals surface area contributed by atoms with E-state index in [0.29, 0.717) is 12.8 Å². The monoisotopic (exact) mass is 384 g/mol. The van der Waals surface area contributed by atoms with Crippen LogP contribution in [0.25, 0.3) is 0 Å². The van der Waals surface area contributed by atoms with Crippen molar-refractivity contribution in [2.75, 3.05) is 14.2 Å². The maximum Gasteiger partial charge on any atom is 0.313 e. The first kappa shape index (κ1) is 16.1. The first-order chi connectivity index (χ1) is 13.5. The molecule has 6 nitrogen and oxygen atoms in total. The Balaban J connectivity index is 1.55. The lowest BCUT2D eigenvalue weighted by molar-refractivity contribution is -0.208. The second-order valence-corrected chi connectivity index (χ2v) is 10.4. The van der Waals surface area contributed by atoms with Crippen molar-refractivity contribution in [1.29, 1.82) is 0 Å². The van der Waals surface area contributed by atoms with Crippen LogP contribution in [0.3, 0.4) is 0 Å². The molecule has 0 unspecified atom stereocenters. The number of hydrogen-bond acceptors (Lipinski definition) is 6. The Hall–Kier alpha value is -1.72. The van der Waals surface area contributed by atoms with Crippen molar-refractivity contribution in [3.8, 4) is 0 Å². The fourth-order valence-corrected chi connectivity index (χ4v) is 11.2. The molecule has 0 heterocycles. The van der Waals surface area contributed by atoms with Gasteiger partial charge in [-0.15, -0.1) is 0 Å². The van der Waals surface area contributed by atoms with Crippen LogP contribution in [0.4, 0.5) is 0 Å². The molecule has 0 spiro atoms. The molecule has 0 aliphatic heterocycles. The number of carbonyl (C=O) groups is 4. The summed E-state index contributed by atoms with van der Waals surface area (Å²) in [6.07, 6.45) is 2.72. The highest BCUT2D eigenvalue weighted by Crippen LogP contribution is 2.97. The van der Waals surface area contributed by atoms with E-state index in [-0.39, 0.29) is 82.7 Å². The highest BCUT2D eigenvalue weighted by atomic mass is 16.5. The van der Waals surface area contributed by atoms with Crippen LogP contribution in [0.1, 0.15) is 25.7 Å². The van der Waals surface area contributed by atoms with Crippen LogP contribution in [0.5, 0.6) is 0 Å². The normalized spacial score (nSPS) is 60.6. The topological polar surface area (TPSA) is 86.7 Å². The van der Waals surface area contributed by atoms with Crippen molar-refractivity contribution in [3.05, 3.63) is 0 Å². The van der Waals surface area contributed by atoms with E-state index < -0.39 is 10.8 Å². The van der Waals surface area contributed by atoms with Crippen LogP contribution < -0.4 is 0 Å². The molecule has 0 radical (unpaired) electrons. The maximum absolute atomic E-state index is 13.6. The smallest absolute Gasteiger partial charge is 0.313 e. The first-order valence-electron chi connectivity index (χ1n) is 10.7. The molecule has 0 aromatic rings. The van der Waals surface area contributed by atoms with Gasteiger partial charge >= 0.3 is 11.9 Å². The van der Waals surface area contributed by atoms with Crippen LogP contribution in [-0.4, -0.2) is 37.7 Å². The number of Topliss-reactive ketones (excluding diaryl/α,β-unsaturated/α-hetero) is 2. The molecule has 0 aromatic heterocycles. The summed E-state index contributed by atoms with van der Waals surface area (Å²) < 4.78 is 10.8. The van der Waals surface area contributed by atoms with Crippen molar-refractivity contribution < 1.29 is 28.7 Å². The Bertz CT molecular complexity index is 821. The molecule has 0 saturated heterocycles. The minimum Gasteiger partial charge on any atom is -0.469 e.